The van der Waals surface area contributed by atoms with E-state index < -0.39 is 5.41 Å². The van der Waals surface area contributed by atoms with Crippen molar-refractivity contribution in [2.45, 2.75) is 16.7 Å². The molecule has 0 saturated heterocycles. The second-order valence-corrected chi connectivity index (χ2v) is 15.4. The van der Waals surface area contributed by atoms with Crippen LogP contribution in [0.5, 0.6) is 11.5 Å². The largest absolute Gasteiger partial charge is 0.456 e. The molecule has 8 aromatic rings. The zero-order valence-corrected chi connectivity index (χ0v) is 30.2. The van der Waals surface area contributed by atoms with Gasteiger partial charge in [-0.05, 0) is 73.2 Å². The second-order valence-electron chi connectivity index (χ2n) is 15.4. The fourth-order valence-corrected chi connectivity index (χ4v) is 11.2. The number of fused-ring (bicyclic) bond motifs is 14. The first-order valence-corrected chi connectivity index (χ1v) is 19.4. The molecule has 1 heteroatoms. The van der Waals surface area contributed by atoms with Gasteiger partial charge in [0.15, 0.2) is 0 Å². The molecule has 0 bridgehead atoms. The van der Waals surface area contributed by atoms with Crippen molar-refractivity contribution in [3.63, 3.8) is 0 Å². The van der Waals surface area contributed by atoms with Crippen LogP contribution in [-0.2, 0) is 10.8 Å². The summed E-state index contributed by atoms with van der Waals surface area (Å²) in [6.45, 7) is 0. The maximum absolute atomic E-state index is 7.11. The second kappa shape index (κ2) is 11.4. The summed E-state index contributed by atoms with van der Waals surface area (Å²) in [4.78, 5) is 0. The van der Waals surface area contributed by atoms with Gasteiger partial charge < -0.3 is 4.74 Å². The normalized spacial score (nSPS) is 18.7. The summed E-state index contributed by atoms with van der Waals surface area (Å²) in [6, 6.07) is 69.8. The lowest BCUT2D eigenvalue weighted by Crippen LogP contribution is -2.35. The molecule has 3 aliphatic carbocycles. The molecule has 0 fully saturated rings. The molecule has 0 radical (unpaired) electrons. The Morgan fingerprint density at radius 2 is 0.982 bits per heavy atom. The molecular formula is C54H36O. The van der Waals surface area contributed by atoms with E-state index in [-0.39, 0.29) is 17.3 Å². The van der Waals surface area contributed by atoms with Crippen molar-refractivity contribution in [2.75, 3.05) is 0 Å². The Kier molecular flexibility index (Phi) is 6.37. The topological polar surface area (TPSA) is 9.23 Å². The van der Waals surface area contributed by atoms with E-state index in [2.05, 4.69) is 206 Å². The molecule has 0 aromatic heterocycles. The van der Waals surface area contributed by atoms with Gasteiger partial charge in [-0.25, -0.2) is 0 Å². The number of allylic oxidation sites excluding steroid dienone is 4. The summed E-state index contributed by atoms with van der Waals surface area (Å²) in [6.07, 6.45) is 7.22. The van der Waals surface area contributed by atoms with Crippen molar-refractivity contribution >= 4 is 16.3 Å². The predicted octanol–water partition coefficient (Wildman–Crippen LogP) is 13.0. The van der Waals surface area contributed by atoms with Gasteiger partial charge >= 0.3 is 0 Å². The van der Waals surface area contributed by atoms with Gasteiger partial charge in [-0.2, -0.15) is 0 Å². The predicted molar refractivity (Wildman–Crippen MR) is 224 cm³/mol. The summed E-state index contributed by atoms with van der Waals surface area (Å²) in [5, 5.41) is 2.35. The zero-order chi connectivity index (χ0) is 36.1. The van der Waals surface area contributed by atoms with Crippen LogP contribution < -0.4 is 4.74 Å². The lowest BCUT2D eigenvalue weighted by Gasteiger charge is -2.41. The van der Waals surface area contributed by atoms with Crippen molar-refractivity contribution in [3.8, 4) is 22.6 Å². The molecule has 4 aliphatic rings. The summed E-state index contributed by atoms with van der Waals surface area (Å²) in [5.41, 5.74) is 14.7. The van der Waals surface area contributed by atoms with E-state index in [9.17, 15) is 0 Å². The van der Waals surface area contributed by atoms with E-state index in [1.54, 1.807) is 0 Å². The minimum Gasteiger partial charge on any atom is -0.456 e. The third-order valence-corrected chi connectivity index (χ3v) is 13.1. The minimum absolute atomic E-state index is 0.124. The molecule has 55 heavy (non-hydrogen) atoms. The molecule has 0 N–H and O–H groups in total. The van der Waals surface area contributed by atoms with Gasteiger partial charge in [0.25, 0.3) is 0 Å². The van der Waals surface area contributed by atoms with Crippen LogP contribution >= 0.6 is 0 Å². The Morgan fingerprint density at radius 1 is 0.436 bits per heavy atom. The maximum Gasteiger partial charge on any atom is 0.140 e. The highest BCUT2D eigenvalue weighted by molar-refractivity contribution is 6.03. The third-order valence-electron chi connectivity index (χ3n) is 13.1. The summed E-state index contributed by atoms with van der Waals surface area (Å²) < 4.78 is 7.11. The summed E-state index contributed by atoms with van der Waals surface area (Å²) in [7, 11) is 0. The fourth-order valence-electron chi connectivity index (χ4n) is 11.2. The smallest absolute Gasteiger partial charge is 0.140 e. The number of hydrogen-bond donors (Lipinski definition) is 0. The van der Waals surface area contributed by atoms with Crippen LogP contribution in [0.2, 0.25) is 0 Å². The van der Waals surface area contributed by atoms with E-state index in [0.717, 1.165) is 16.9 Å². The highest BCUT2D eigenvalue weighted by Crippen LogP contribution is 2.66. The van der Waals surface area contributed by atoms with Crippen molar-refractivity contribution < 1.29 is 4.74 Å². The highest BCUT2D eigenvalue weighted by Gasteiger charge is 2.56. The molecule has 0 amide bonds. The van der Waals surface area contributed by atoms with Crippen LogP contribution in [0.15, 0.2) is 206 Å². The Morgan fingerprint density at radius 3 is 1.67 bits per heavy atom. The Bertz CT molecular complexity index is 2830. The zero-order valence-electron chi connectivity index (χ0n) is 30.2. The van der Waals surface area contributed by atoms with Crippen molar-refractivity contribution in [1.82, 2.24) is 0 Å². The summed E-state index contributed by atoms with van der Waals surface area (Å²) in [5.74, 6) is 2.14. The number of ether oxygens (including phenoxy) is 1. The summed E-state index contributed by atoms with van der Waals surface area (Å²) >= 11 is 0. The van der Waals surface area contributed by atoms with Gasteiger partial charge in [0.05, 0.1) is 10.8 Å². The van der Waals surface area contributed by atoms with Crippen molar-refractivity contribution in [1.29, 1.82) is 0 Å². The van der Waals surface area contributed by atoms with E-state index in [1.807, 2.05) is 0 Å². The maximum atomic E-state index is 7.11. The minimum atomic E-state index is -0.550. The molecule has 1 aliphatic heterocycles. The highest BCUT2D eigenvalue weighted by atomic mass is 16.5. The molecule has 1 heterocycles. The number of para-hydroxylation sites is 1. The van der Waals surface area contributed by atoms with Gasteiger partial charge in [-0.3, -0.25) is 0 Å². The monoisotopic (exact) mass is 700 g/mol. The van der Waals surface area contributed by atoms with E-state index >= 15 is 0 Å². The van der Waals surface area contributed by atoms with Gasteiger partial charge in [-0.1, -0.05) is 194 Å². The van der Waals surface area contributed by atoms with Crippen LogP contribution in [0.25, 0.3) is 27.5 Å². The van der Waals surface area contributed by atoms with E-state index in [4.69, 9.17) is 4.74 Å². The van der Waals surface area contributed by atoms with Crippen LogP contribution in [0, 0.1) is 5.92 Å². The van der Waals surface area contributed by atoms with E-state index in [1.165, 1.54) is 72.2 Å². The van der Waals surface area contributed by atoms with Crippen LogP contribution in [0.4, 0.5) is 0 Å². The van der Waals surface area contributed by atoms with Gasteiger partial charge in [-0.15, -0.1) is 0 Å². The first-order valence-electron chi connectivity index (χ1n) is 19.4. The average Bonchev–Trinajstić information content (AvgIpc) is 3.73. The van der Waals surface area contributed by atoms with Crippen LogP contribution in [0.1, 0.15) is 56.0 Å². The molecule has 12 rings (SSSR count). The first-order chi connectivity index (χ1) is 27.3. The molecule has 2 unspecified atom stereocenters. The van der Waals surface area contributed by atoms with E-state index in [0.29, 0.717) is 0 Å². The SMILES string of the molecule is C1=CC2C(C(c3cc4c(c5ccccc35)Oc3ccccc3C43c4ccccc4-c4ccccc43)=C1)c1ccccc1C2(c1ccccc1)c1ccccc1. The average molecular weight is 701 g/mol. The Balaban J connectivity index is 1.17. The quantitative estimate of drug-likeness (QED) is 0.178. The Labute approximate surface area is 321 Å². The van der Waals surface area contributed by atoms with Gasteiger partial charge in [0, 0.05) is 28.3 Å². The van der Waals surface area contributed by atoms with Gasteiger partial charge in [0.1, 0.15) is 11.5 Å². The first kappa shape index (κ1) is 30.7. The van der Waals surface area contributed by atoms with Crippen LogP contribution in [-0.4, -0.2) is 0 Å². The molecular weight excluding hydrogens is 665 g/mol. The standard InChI is InChI=1S/C54H36O/c1-3-18-35(19-4-1)53(36-20-5-2-6-21-36)46-30-14-11-26-42(46)51-40(27-17-32-48(51)53)43-34-49-52(41-25-8-7-22-37(41)43)55-50-33-16-15-31-47(50)54(49)44-28-12-9-23-38(44)39-24-10-13-29-45(39)54/h1-34,48,51H. The molecule has 2 atom stereocenters. The Hall–Kier alpha value is -6.70. The molecule has 258 valence electrons. The third kappa shape index (κ3) is 3.87. The van der Waals surface area contributed by atoms with Crippen LogP contribution in [0.3, 0.4) is 0 Å². The molecule has 0 saturated carbocycles. The van der Waals surface area contributed by atoms with Gasteiger partial charge in [0.2, 0.25) is 0 Å². The molecule has 1 spiro atoms. The number of benzene rings is 8. The lowest BCUT2D eigenvalue weighted by molar-refractivity contribution is 0.441. The van der Waals surface area contributed by atoms with Crippen molar-refractivity contribution in [2.24, 2.45) is 5.92 Å². The van der Waals surface area contributed by atoms with Crippen molar-refractivity contribution in [3.05, 3.63) is 256 Å². The lowest BCUT2D eigenvalue weighted by atomic mass is 9.61. The number of hydrogen-bond acceptors (Lipinski definition) is 1. The fraction of sp³-hybridized carbons (Fsp3) is 0.0741. The molecule has 8 aromatic carbocycles. The molecule has 1 nitrogen and oxygen atoms in total. The number of rotatable bonds is 3.